The fourth-order valence-corrected chi connectivity index (χ4v) is 1.97. The van der Waals surface area contributed by atoms with Gasteiger partial charge in [-0.05, 0) is 0 Å². The number of ether oxygens (including phenoxy) is 1. The summed E-state index contributed by atoms with van der Waals surface area (Å²) in [5, 5.41) is 36.5. The Morgan fingerprint density at radius 1 is 1.00 bits per heavy atom. The SMILES string of the molecule is O=S(=O)(O)C[C@H]1OC(O)[C@H](O)[C@@H](O)[C@@H]1O. The lowest BCUT2D eigenvalue weighted by Gasteiger charge is -2.37. The molecule has 0 bridgehead atoms. The first-order valence-corrected chi connectivity index (χ1v) is 5.66. The molecule has 90 valence electrons. The van der Waals surface area contributed by atoms with Crippen LogP contribution in [0.5, 0.6) is 0 Å². The summed E-state index contributed by atoms with van der Waals surface area (Å²) in [5.74, 6) is -0.977. The van der Waals surface area contributed by atoms with Crippen molar-refractivity contribution in [2.45, 2.75) is 30.7 Å². The lowest BCUT2D eigenvalue weighted by Crippen LogP contribution is -2.59. The summed E-state index contributed by atoms with van der Waals surface area (Å²) in [6.07, 6.45) is -8.47. The maximum atomic E-state index is 10.5. The molecule has 15 heavy (non-hydrogen) atoms. The molecular weight excluding hydrogens is 232 g/mol. The molecule has 8 nitrogen and oxygen atoms in total. The van der Waals surface area contributed by atoms with Crippen LogP contribution in [0.25, 0.3) is 0 Å². The predicted octanol–water partition coefficient (Wildman–Crippen LogP) is -3.33. The van der Waals surface area contributed by atoms with Gasteiger partial charge in [0.15, 0.2) is 6.29 Å². The van der Waals surface area contributed by atoms with Crippen molar-refractivity contribution < 1.29 is 38.1 Å². The fraction of sp³-hybridized carbons (Fsp3) is 1.00. The Balaban J connectivity index is 2.75. The van der Waals surface area contributed by atoms with Crippen molar-refractivity contribution in [3.05, 3.63) is 0 Å². The van der Waals surface area contributed by atoms with Crippen LogP contribution in [0.1, 0.15) is 0 Å². The van der Waals surface area contributed by atoms with Gasteiger partial charge in [0.2, 0.25) is 0 Å². The minimum Gasteiger partial charge on any atom is -0.388 e. The van der Waals surface area contributed by atoms with Crippen molar-refractivity contribution in [2.24, 2.45) is 0 Å². The molecule has 1 fully saturated rings. The second kappa shape index (κ2) is 4.29. The van der Waals surface area contributed by atoms with Crippen LogP contribution in [0.3, 0.4) is 0 Å². The average molecular weight is 244 g/mol. The van der Waals surface area contributed by atoms with E-state index in [1.165, 1.54) is 0 Å². The van der Waals surface area contributed by atoms with Crippen LogP contribution in [0.2, 0.25) is 0 Å². The summed E-state index contributed by atoms with van der Waals surface area (Å²) >= 11 is 0. The van der Waals surface area contributed by atoms with Crippen molar-refractivity contribution in [3.63, 3.8) is 0 Å². The molecule has 0 spiro atoms. The molecule has 5 N–H and O–H groups in total. The minimum absolute atomic E-state index is 0.977. The molecule has 0 saturated carbocycles. The fourth-order valence-electron chi connectivity index (χ4n) is 1.28. The maximum absolute atomic E-state index is 10.5. The zero-order valence-electron chi connectivity index (χ0n) is 7.46. The molecule has 9 heteroatoms. The van der Waals surface area contributed by atoms with E-state index in [0.717, 1.165) is 0 Å². The van der Waals surface area contributed by atoms with E-state index in [1.807, 2.05) is 0 Å². The van der Waals surface area contributed by atoms with Gasteiger partial charge >= 0.3 is 0 Å². The zero-order valence-corrected chi connectivity index (χ0v) is 8.28. The molecule has 0 radical (unpaired) electrons. The molecule has 0 aliphatic carbocycles. The van der Waals surface area contributed by atoms with Crippen LogP contribution < -0.4 is 0 Å². The Bertz CT molecular complexity index is 313. The molecular formula is C6H12O8S. The summed E-state index contributed by atoms with van der Waals surface area (Å²) in [6, 6.07) is 0. The molecule has 0 amide bonds. The smallest absolute Gasteiger partial charge is 0.267 e. The molecule has 1 aliphatic rings. The van der Waals surface area contributed by atoms with Gasteiger partial charge in [0.25, 0.3) is 10.1 Å². The van der Waals surface area contributed by atoms with Gasteiger partial charge in [-0.15, -0.1) is 0 Å². The second-order valence-corrected chi connectivity index (χ2v) is 4.78. The third kappa shape index (κ3) is 3.08. The Hall–Kier alpha value is -0.290. The number of rotatable bonds is 2. The van der Waals surface area contributed by atoms with Crippen LogP contribution >= 0.6 is 0 Å². The summed E-state index contributed by atoms with van der Waals surface area (Å²) in [4.78, 5) is 0. The number of hydrogen-bond donors (Lipinski definition) is 5. The van der Waals surface area contributed by atoms with Crippen LogP contribution in [-0.2, 0) is 14.9 Å². The Morgan fingerprint density at radius 2 is 1.53 bits per heavy atom. The summed E-state index contributed by atoms with van der Waals surface area (Å²) in [7, 11) is -4.41. The van der Waals surface area contributed by atoms with Gasteiger partial charge in [-0.2, -0.15) is 8.42 Å². The van der Waals surface area contributed by atoms with E-state index in [-0.39, 0.29) is 0 Å². The Labute approximate surface area is 85.5 Å². The number of aliphatic hydroxyl groups is 4. The standard InChI is InChI=1S/C6H12O8S/c7-3-2(1-15(11,12)13)14-6(10)5(9)4(3)8/h2-10H,1H2,(H,11,12,13)/t2-,3-,4+,5-,6?/m1/s1. The van der Waals surface area contributed by atoms with E-state index in [4.69, 9.17) is 19.9 Å². The van der Waals surface area contributed by atoms with Crippen molar-refractivity contribution >= 4 is 10.1 Å². The summed E-state index contributed by atoms with van der Waals surface area (Å²) < 4.78 is 34.0. The van der Waals surface area contributed by atoms with Crippen LogP contribution in [0, 0.1) is 0 Å². The molecule has 5 atom stereocenters. The molecule has 1 heterocycles. The van der Waals surface area contributed by atoms with Crippen molar-refractivity contribution in [3.8, 4) is 0 Å². The van der Waals surface area contributed by atoms with E-state index in [0.29, 0.717) is 0 Å². The predicted molar refractivity (Wildman–Crippen MR) is 45.3 cm³/mol. The van der Waals surface area contributed by atoms with E-state index in [2.05, 4.69) is 4.74 Å². The maximum Gasteiger partial charge on any atom is 0.267 e. The Kier molecular flexibility index (Phi) is 3.66. The second-order valence-electron chi connectivity index (χ2n) is 3.29. The molecule has 1 rings (SSSR count). The van der Waals surface area contributed by atoms with Crippen molar-refractivity contribution in [1.82, 2.24) is 0 Å². The quantitative estimate of drug-likeness (QED) is 0.317. The van der Waals surface area contributed by atoms with Crippen molar-refractivity contribution in [2.75, 3.05) is 5.75 Å². The normalized spacial score (nSPS) is 42.9. The van der Waals surface area contributed by atoms with Crippen LogP contribution in [-0.4, -0.2) is 69.9 Å². The van der Waals surface area contributed by atoms with E-state index < -0.39 is 46.6 Å². The largest absolute Gasteiger partial charge is 0.388 e. The topological polar surface area (TPSA) is 145 Å². The first-order valence-electron chi connectivity index (χ1n) is 4.05. The van der Waals surface area contributed by atoms with Gasteiger partial charge in [-0.3, -0.25) is 4.55 Å². The van der Waals surface area contributed by atoms with E-state index in [1.54, 1.807) is 0 Å². The monoisotopic (exact) mass is 244 g/mol. The third-order valence-electron chi connectivity index (χ3n) is 2.06. The van der Waals surface area contributed by atoms with Crippen LogP contribution in [0.15, 0.2) is 0 Å². The molecule has 1 saturated heterocycles. The van der Waals surface area contributed by atoms with Gasteiger partial charge in [-0.1, -0.05) is 0 Å². The van der Waals surface area contributed by atoms with Crippen LogP contribution in [0.4, 0.5) is 0 Å². The van der Waals surface area contributed by atoms with Gasteiger partial charge < -0.3 is 25.2 Å². The average Bonchev–Trinajstić information content (AvgIpc) is 2.08. The van der Waals surface area contributed by atoms with Gasteiger partial charge in [0.05, 0.1) is 0 Å². The summed E-state index contributed by atoms with van der Waals surface area (Å²) in [5.41, 5.74) is 0. The minimum atomic E-state index is -4.41. The molecule has 1 unspecified atom stereocenters. The van der Waals surface area contributed by atoms with E-state index >= 15 is 0 Å². The lowest BCUT2D eigenvalue weighted by molar-refractivity contribution is -0.276. The van der Waals surface area contributed by atoms with Gasteiger partial charge in [0.1, 0.15) is 30.2 Å². The molecule has 0 aromatic heterocycles. The summed E-state index contributed by atoms with van der Waals surface area (Å²) in [6.45, 7) is 0. The highest BCUT2D eigenvalue weighted by molar-refractivity contribution is 7.85. The first-order chi connectivity index (χ1) is 6.72. The van der Waals surface area contributed by atoms with Crippen molar-refractivity contribution in [1.29, 1.82) is 0 Å². The number of aliphatic hydroxyl groups excluding tert-OH is 4. The van der Waals surface area contributed by atoms with Gasteiger partial charge in [-0.25, -0.2) is 0 Å². The highest BCUT2D eigenvalue weighted by atomic mass is 32.2. The lowest BCUT2D eigenvalue weighted by atomic mass is 10.0. The molecule has 1 aliphatic heterocycles. The van der Waals surface area contributed by atoms with E-state index in [9.17, 15) is 13.5 Å². The Morgan fingerprint density at radius 3 is 2.00 bits per heavy atom. The first kappa shape index (κ1) is 12.8. The highest BCUT2D eigenvalue weighted by Gasteiger charge is 2.44. The zero-order chi connectivity index (χ0) is 11.8. The third-order valence-corrected chi connectivity index (χ3v) is 2.81. The van der Waals surface area contributed by atoms with Gasteiger partial charge in [0, 0.05) is 0 Å². The molecule has 0 aromatic carbocycles. The molecule has 0 aromatic rings. The number of hydrogen-bond acceptors (Lipinski definition) is 7. The highest BCUT2D eigenvalue weighted by Crippen LogP contribution is 2.20.